The van der Waals surface area contributed by atoms with E-state index in [1.807, 2.05) is 66.7 Å². The highest BCUT2D eigenvalue weighted by molar-refractivity contribution is 14.1. The molecule has 0 amide bonds. The molecule has 9 nitrogen and oxygen atoms in total. The Kier molecular flexibility index (Phi) is 5.51. The van der Waals surface area contributed by atoms with Crippen LogP contribution < -0.4 is 0 Å². The minimum absolute atomic E-state index is 0.713. The molecular weight excluding hydrogens is 720 g/mol. The van der Waals surface area contributed by atoms with Crippen molar-refractivity contribution in [3.05, 3.63) is 73.9 Å². The molecule has 0 unspecified atom stereocenters. The van der Waals surface area contributed by atoms with Gasteiger partial charge in [0.15, 0.2) is 21.7 Å². The molecule has 0 bridgehead atoms. The van der Waals surface area contributed by atoms with Gasteiger partial charge in [-0.05, 0) is 69.4 Å². The molecule has 0 radical (unpaired) electrons. The standard InChI is InChI=1S/C23H11I2N9S2/c24-14-8-3-1-6-12(14)18-27-29-22-33(18)31-20(35-22)16-10-5-11-17(26-16)21-32-34-19(28-30-23(34)36-21)13-7-2-4-9-15(13)25/h1-11H. The number of benzene rings is 2. The number of halogens is 2. The van der Waals surface area contributed by atoms with Gasteiger partial charge in [-0.2, -0.15) is 19.2 Å². The SMILES string of the molecule is Ic1ccccc1-c1nnc2sc(-c3cccc(-c4nn5c(-c6ccccc6I)nnc5s4)n3)nn12. The van der Waals surface area contributed by atoms with Crippen molar-refractivity contribution in [2.45, 2.75) is 0 Å². The third kappa shape index (κ3) is 3.72. The zero-order valence-corrected chi connectivity index (χ0v) is 23.9. The third-order valence-corrected chi connectivity index (χ3v) is 9.12. The first-order chi connectivity index (χ1) is 17.7. The van der Waals surface area contributed by atoms with E-state index in [0.717, 1.165) is 39.7 Å². The second-order valence-corrected chi connectivity index (χ2v) is 11.9. The van der Waals surface area contributed by atoms with E-state index < -0.39 is 0 Å². The Bertz CT molecular complexity index is 1770. The Hall–Kier alpha value is -2.89. The largest absolute Gasteiger partial charge is 0.243 e. The van der Waals surface area contributed by atoms with E-state index in [9.17, 15) is 0 Å². The number of nitrogens with zero attached hydrogens (tertiary/aromatic N) is 9. The number of hydrogen-bond acceptors (Lipinski definition) is 9. The molecule has 0 atom stereocenters. The molecule has 0 saturated heterocycles. The van der Waals surface area contributed by atoms with Crippen molar-refractivity contribution in [3.8, 4) is 44.2 Å². The summed E-state index contributed by atoms with van der Waals surface area (Å²) in [6, 6.07) is 22.0. The molecule has 5 aromatic heterocycles. The quantitative estimate of drug-likeness (QED) is 0.206. The van der Waals surface area contributed by atoms with Crippen molar-refractivity contribution >= 4 is 77.8 Å². The van der Waals surface area contributed by atoms with Crippen LogP contribution >= 0.6 is 67.9 Å². The molecule has 0 aliphatic heterocycles. The van der Waals surface area contributed by atoms with Crippen LogP contribution in [0, 0.1) is 7.14 Å². The van der Waals surface area contributed by atoms with Crippen molar-refractivity contribution in [3.63, 3.8) is 0 Å². The molecule has 2 aromatic carbocycles. The average Bonchev–Trinajstić information content (AvgIpc) is 3.66. The zero-order valence-electron chi connectivity index (χ0n) is 17.9. The van der Waals surface area contributed by atoms with Gasteiger partial charge in [0.2, 0.25) is 9.92 Å². The second kappa shape index (κ2) is 8.89. The van der Waals surface area contributed by atoms with Gasteiger partial charge in [-0.15, -0.1) is 20.4 Å². The van der Waals surface area contributed by atoms with Crippen LogP contribution in [0.15, 0.2) is 66.7 Å². The fourth-order valence-electron chi connectivity index (χ4n) is 3.73. The first kappa shape index (κ1) is 22.3. The van der Waals surface area contributed by atoms with Gasteiger partial charge in [-0.1, -0.05) is 65.1 Å². The van der Waals surface area contributed by atoms with Crippen molar-refractivity contribution in [1.29, 1.82) is 0 Å². The van der Waals surface area contributed by atoms with Gasteiger partial charge in [0, 0.05) is 18.3 Å². The summed E-state index contributed by atoms with van der Waals surface area (Å²) in [4.78, 5) is 6.30. The Morgan fingerprint density at radius 1 is 0.556 bits per heavy atom. The number of fused-ring (bicyclic) bond motifs is 2. The summed E-state index contributed by atoms with van der Waals surface area (Å²) < 4.78 is 5.74. The molecule has 0 aliphatic carbocycles. The Labute approximate surface area is 238 Å². The summed E-state index contributed by atoms with van der Waals surface area (Å²) in [5.41, 5.74) is 3.49. The van der Waals surface area contributed by atoms with Crippen LogP contribution in [0.2, 0.25) is 0 Å². The lowest BCUT2D eigenvalue weighted by atomic mass is 10.2. The highest BCUT2D eigenvalue weighted by atomic mass is 127. The van der Waals surface area contributed by atoms with Gasteiger partial charge in [-0.3, -0.25) is 0 Å². The zero-order chi connectivity index (χ0) is 24.2. The van der Waals surface area contributed by atoms with Gasteiger partial charge in [0.25, 0.3) is 0 Å². The number of aromatic nitrogens is 9. The molecule has 0 N–H and O–H groups in total. The fourth-order valence-corrected chi connectivity index (χ4v) is 6.61. The predicted octanol–water partition coefficient (Wildman–Crippen LogP) is 5.96. The predicted molar refractivity (Wildman–Crippen MR) is 156 cm³/mol. The number of pyridine rings is 1. The molecule has 7 rings (SSSR count). The molecule has 0 aliphatic rings. The van der Waals surface area contributed by atoms with Gasteiger partial charge < -0.3 is 0 Å². The summed E-state index contributed by atoms with van der Waals surface area (Å²) in [6.07, 6.45) is 0. The maximum atomic E-state index is 4.87. The van der Waals surface area contributed by atoms with E-state index >= 15 is 0 Å². The van der Waals surface area contributed by atoms with Crippen LogP contribution in [0.3, 0.4) is 0 Å². The van der Waals surface area contributed by atoms with Gasteiger partial charge in [0.05, 0.1) is 0 Å². The highest BCUT2D eigenvalue weighted by Crippen LogP contribution is 2.32. The van der Waals surface area contributed by atoms with Gasteiger partial charge in [-0.25, -0.2) is 4.98 Å². The van der Waals surface area contributed by atoms with Crippen LogP contribution in [-0.2, 0) is 0 Å². The average molecular weight is 731 g/mol. The maximum Gasteiger partial charge on any atom is 0.235 e. The summed E-state index contributed by atoms with van der Waals surface area (Å²) in [5.74, 6) is 1.43. The smallest absolute Gasteiger partial charge is 0.235 e. The van der Waals surface area contributed by atoms with Crippen LogP contribution in [0.25, 0.3) is 54.1 Å². The van der Waals surface area contributed by atoms with E-state index in [-0.39, 0.29) is 0 Å². The minimum Gasteiger partial charge on any atom is -0.243 e. The summed E-state index contributed by atoms with van der Waals surface area (Å²) in [7, 11) is 0. The third-order valence-electron chi connectivity index (χ3n) is 5.40. The molecule has 0 fully saturated rings. The van der Waals surface area contributed by atoms with Crippen LogP contribution in [-0.4, -0.2) is 44.6 Å². The maximum absolute atomic E-state index is 4.87. The molecule has 0 saturated carbocycles. The van der Waals surface area contributed by atoms with Crippen molar-refractivity contribution in [1.82, 2.24) is 44.6 Å². The van der Waals surface area contributed by atoms with E-state index in [1.165, 1.54) is 22.7 Å². The van der Waals surface area contributed by atoms with Crippen LogP contribution in [0.4, 0.5) is 0 Å². The van der Waals surface area contributed by atoms with Crippen LogP contribution in [0.5, 0.6) is 0 Å². The number of hydrogen-bond donors (Lipinski definition) is 0. The van der Waals surface area contributed by atoms with E-state index in [2.05, 4.69) is 65.6 Å². The van der Waals surface area contributed by atoms with E-state index in [4.69, 9.17) is 15.2 Å². The topological polar surface area (TPSA) is 99.0 Å². The molecule has 174 valence electrons. The first-order valence-electron chi connectivity index (χ1n) is 10.6. The van der Waals surface area contributed by atoms with E-state index in [1.54, 1.807) is 9.03 Å². The second-order valence-electron chi connectivity index (χ2n) is 7.62. The number of rotatable bonds is 4. The minimum atomic E-state index is 0.713. The molecule has 0 spiro atoms. The summed E-state index contributed by atoms with van der Waals surface area (Å²) >= 11 is 7.50. The lowest BCUT2D eigenvalue weighted by molar-refractivity contribution is 0.961. The molecule has 5 heterocycles. The van der Waals surface area contributed by atoms with E-state index in [0.29, 0.717) is 21.6 Å². The normalized spacial score (nSPS) is 11.6. The highest BCUT2D eigenvalue weighted by Gasteiger charge is 2.19. The molecule has 13 heteroatoms. The lowest BCUT2D eigenvalue weighted by Crippen LogP contribution is -1.95. The van der Waals surface area contributed by atoms with Gasteiger partial charge in [0.1, 0.15) is 11.4 Å². The van der Waals surface area contributed by atoms with Crippen LogP contribution in [0.1, 0.15) is 0 Å². The Balaban J connectivity index is 1.28. The summed E-state index contributed by atoms with van der Waals surface area (Å²) in [5, 5.41) is 28.5. The molecule has 7 aromatic rings. The Morgan fingerprint density at radius 2 is 1.03 bits per heavy atom. The lowest BCUT2D eigenvalue weighted by Gasteiger charge is -2.01. The van der Waals surface area contributed by atoms with Crippen molar-refractivity contribution in [2.75, 3.05) is 0 Å². The fraction of sp³-hybridized carbons (Fsp3) is 0. The summed E-state index contributed by atoms with van der Waals surface area (Å²) in [6.45, 7) is 0. The molecule has 36 heavy (non-hydrogen) atoms. The van der Waals surface area contributed by atoms with Crippen molar-refractivity contribution < 1.29 is 0 Å². The first-order valence-corrected chi connectivity index (χ1v) is 14.4. The van der Waals surface area contributed by atoms with Crippen molar-refractivity contribution in [2.24, 2.45) is 0 Å². The Morgan fingerprint density at radius 3 is 1.50 bits per heavy atom. The molecular formula is C23H11I2N9S2. The monoisotopic (exact) mass is 731 g/mol. The van der Waals surface area contributed by atoms with Gasteiger partial charge >= 0.3 is 0 Å².